The maximum absolute atomic E-state index is 11.3. The first kappa shape index (κ1) is 12.3. The minimum atomic E-state index is -0.444. The minimum Gasteiger partial charge on any atom is -0.462 e. The average molecular weight is 233 g/mol. The Labute approximate surface area is 98.7 Å². The van der Waals surface area contributed by atoms with Gasteiger partial charge in [0.05, 0.1) is 17.1 Å². The number of thioether (sulfide) groups is 1. The molecule has 82 valence electrons. The summed E-state index contributed by atoms with van der Waals surface area (Å²) in [5, 5.41) is 8.86. The van der Waals surface area contributed by atoms with Crippen LogP contribution in [0, 0.1) is 11.3 Å². The number of hydrogen-bond donors (Lipinski definition) is 0. The lowest BCUT2D eigenvalue weighted by molar-refractivity contribution is -0.137. The fraction of sp³-hybridized carbons (Fsp3) is 0.167. The van der Waals surface area contributed by atoms with Gasteiger partial charge in [0, 0.05) is 4.90 Å². The van der Waals surface area contributed by atoms with Crippen LogP contribution in [0.3, 0.4) is 0 Å². The molecule has 0 aromatic heterocycles. The number of nitrogens with zero attached hydrogens (tertiary/aromatic N) is 1. The second-order valence-corrected chi connectivity index (χ2v) is 3.99. The average Bonchev–Trinajstić information content (AvgIpc) is 2.30. The summed E-state index contributed by atoms with van der Waals surface area (Å²) < 4.78 is 4.81. The molecule has 0 amide bonds. The molecule has 0 N–H and O–H groups in total. The highest BCUT2D eigenvalue weighted by atomic mass is 32.2. The summed E-state index contributed by atoms with van der Waals surface area (Å²) >= 11 is 1.15. The Balaban J connectivity index is 2.78. The molecule has 1 aromatic carbocycles. The van der Waals surface area contributed by atoms with Gasteiger partial charge >= 0.3 is 5.97 Å². The van der Waals surface area contributed by atoms with E-state index in [4.69, 9.17) is 10.00 Å². The lowest BCUT2D eigenvalue weighted by Gasteiger charge is -2.05. The standard InChI is InChI=1S/C12H11NO2S/c1-3-15-12(14)9(2)16-11-7-5-4-6-10(11)8-13/h4-7H,2-3H2,1H3. The predicted octanol–water partition coefficient (Wildman–Crippen LogP) is 2.73. The molecule has 0 saturated heterocycles. The zero-order valence-corrected chi connectivity index (χ0v) is 9.71. The molecule has 0 radical (unpaired) electrons. The van der Waals surface area contributed by atoms with Crippen LogP contribution in [0.2, 0.25) is 0 Å². The van der Waals surface area contributed by atoms with Crippen LogP contribution < -0.4 is 0 Å². The Bertz CT molecular complexity index is 449. The summed E-state index contributed by atoms with van der Waals surface area (Å²) in [6.45, 7) is 5.68. The largest absolute Gasteiger partial charge is 0.462 e. The maximum Gasteiger partial charge on any atom is 0.344 e. The molecule has 0 unspecified atom stereocenters. The van der Waals surface area contributed by atoms with Gasteiger partial charge in [0.1, 0.15) is 6.07 Å². The van der Waals surface area contributed by atoms with Gasteiger partial charge in [0.2, 0.25) is 0 Å². The fourth-order valence-corrected chi connectivity index (χ4v) is 1.81. The van der Waals surface area contributed by atoms with Gasteiger partial charge in [-0.3, -0.25) is 0 Å². The molecule has 0 aliphatic carbocycles. The highest BCUT2D eigenvalue weighted by Gasteiger charge is 2.11. The number of rotatable bonds is 4. The number of carbonyl (C=O) groups excluding carboxylic acids is 1. The van der Waals surface area contributed by atoms with Crippen molar-refractivity contribution in [3.05, 3.63) is 41.3 Å². The van der Waals surface area contributed by atoms with E-state index in [2.05, 4.69) is 12.6 Å². The third-order valence-electron chi connectivity index (χ3n) is 1.74. The van der Waals surface area contributed by atoms with Crippen molar-refractivity contribution in [1.82, 2.24) is 0 Å². The van der Waals surface area contributed by atoms with Gasteiger partial charge < -0.3 is 4.74 Å². The van der Waals surface area contributed by atoms with Crippen molar-refractivity contribution in [2.24, 2.45) is 0 Å². The van der Waals surface area contributed by atoms with E-state index in [0.29, 0.717) is 17.1 Å². The molecule has 4 heteroatoms. The summed E-state index contributed by atoms with van der Waals surface area (Å²) in [6, 6.07) is 9.11. The third-order valence-corrected chi connectivity index (χ3v) is 2.73. The molecule has 0 saturated carbocycles. The second-order valence-electron chi connectivity index (χ2n) is 2.85. The molecule has 1 rings (SSSR count). The van der Waals surface area contributed by atoms with Crippen molar-refractivity contribution < 1.29 is 9.53 Å². The van der Waals surface area contributed by atoms with Gasteiger partial charge in [-0.05, 0) is 19.1 Å². The number of benzene rings is 1. The van der Waals surface area contributed by atoms with E-state index in [1.54, 1.807) is 25.1 Å². The van der Waals surface area contributed by atoms with E-state index in [0.717, 1.165) is 11.8 Å². The highest BCUT2D eigenvalue weighted by Crippen LogP contribution is 2.28. The van der Waals surface area contributed by atoms with E-state index in [9.17, 15) is 4.79 Å². The Hall–Kier alpha value is -1.73. The van der Waals surface area contributed by atoms with Crippen LogP contribution >= 0.6 is 11.8 Å². The van der Waals surface area contributed by atoms with Crippen molar-refractivity contribution in [3.8, 4) is 6.07 Å². The van der Waals surface area contributed by atoms with Crippen molar-refractivity contribution >= 4 is 17.7 Å². The van der Waals surface area contributed by atoms with Crippen LogP contribution in [0.25, 0.3) is 0 Å². The zero-order valence-electron chi connectivity index (χ0n) is 8.90. The van der Waals surface area contributed by atoms with Crippen LogP contribution in [0.5, 0.6) is 0 Å². The predicted molar refractivity (Wildman–Crippen MR) is 62.8 cm³/mol. The molecule has 0 heterocycles. The number of ether oxygens (including phenoxy) is 1. The molecule has 3 nitrogen and oxygen atoms in total. The summed E-state index contributed by atoms with van der Waals surface area (Å²) in [6.07, 6.45) is 0. The molecule has 0 atom stereocenters. The number of esters is 1. The first-order chi connectivity index (χ1) is 7.69. The minimum absolute atomic E-state index is 0.282. The molecule has 16 heavy (non-hydrogen) atoms. The maximum atomic E-state index is 11.3. The van der Waals surface area contributed by atoms with Gasteiger partial charge in [0.25, 0.3) is 0 Å². The molecular formula is C12H11NO2S. The first-order valence-electron chi connectivity index (χ1n) is 4.72. The van der Waals surface area contributed by atoms with E-state index in [1.165, 1.54) is 0 Å². The first-order valence-corrected chi connectivity index (χ1v) is 5.53. The Morgan fingerprint density at radius 3 is 2.88 bits per heavy atom. The summed E-state index contributed by atoms with van der Waals surface area (Å²) in [5.74, 6) is -0.444. The lowest BCUT2D eigenvalue weighted by atomic mass is 10.2. The Kier molecular flexibility index (Phi) is 4.62. The molecule has 1 aromatic rings. The highest BCUT2D eigenvalue weighted by molar-refractivity contribution is 8.04. The summed E-state index contributed by atoms with van der Waals surface area (Å²) in [5.41, 5.74) is 0.526. The number of carbonyl (C=O) groups is 1. The van der Waals surface area contributed by atoms with Crippen molar-refractivity contribution in [2.45, 2.75) is 11.8 Å². The smallest absolute Gasteiger partial charge is 0.344 e. The van der Waals surface area contributed by atoms with Gasteiger partial charge in [-0.15, -0.1) is 0 Å². The Morgan fingerprint density at radius 2 is 2.25 bits per heavy atom. The molecule has 0 aliphatic heterocycles. The lowest BCUT2D eigenvalue weighted by Crippen LogP contribution is -2.04. The zero-order chi connectivity index (χ0) is 12.0. The number of nitriles is 1. The number of hydrogen-bond acceptors (Lipinski definition) is 4. The summed E-state index contributed by atoms with van der Waals surface area (Å²) in [4.78, 5) is 12.3. The van der Waals surface area contributed by atoms with Crippen LogP contribution in [0.1, 0.15) is 12.5 Å². The van der Waals surface area contributed by atoms with Gasteiger partial charge in [0.15, 0.2) is 0 Å². The van der Waals surface area contributed by atoms with Crippen LogP contribution in [-0.2, 0) is 9.53 Å². The molecule has 0 spiro atoms. The van der Waals surface area contributed by atoms with E-state index < -0.39 is 5.97 Å². The van der Waals surface area contributed by atoms with E-state index in [-0.39, 0.29) is 4.91 Å². The topological polar surface area (TPSA) is 50.1 Å². The van der Waals surface area contributed by atoms with Gasteiger partial charge in [-0.1, -0.05) is 30.5 Å². The molecular weight excluding hydrogens is 222 g/mol. The second kappa shape index (κ2) is 5.99. The van der Waals surface area contributed by atoms with Gasteiger partial charge in [-0.2, -0.15) is 5.26 Å². The molecule has 0 aliphatic rings. The van der Waals surface area contributed by atoms with Crippen LogP contribution in [0.15, 0.2) is 40.6 Å². The summed E-state index contributed by atoms with van der Waals surface area (Å²) in [7, 11) is 0. The van der Waals surface area contributed by atoms with Crippen LogP contribution in [0.4, 0.5) is 0 Å². The quantitative estimate of drug-likeness (QED) is 0.456. The van der Waals surface area contributed by atoms with Crippen molar-refractivity contribution in [3.63, 3.8) is 0 Å². The van der Waals surface area contributed by atoms with Gasteiger partial charge in [-0.25, -0.2) is 4.79 Å². The molecule has 0 bridgehead atoms. The monoisotopic (exact) mass is 233 g/mol. The van der Waals surface area contributed by atoms with Crippen molar-refractivity contribution in [2.75, 3.05) is 6.61 Å². The molecule has 0 fully saturated rings. The third kappa shape index (κ3) is 3.14. The van der Waals surface area contributed by atoms with E-state index in [1.807, 2.05) is 6.07 Å². The Morgan fingerprint density at radius 1 is 1.56 bits per heavy atom. The van der Waals surface area contributed by atoms with Crippen molar-refractivity contribution in [1.29, 1.82) is 5.26 Å². The van der Waals surface area contributed by atoms with Crippen LogP contribution in [-0.4, -0.2) is 12.6 Å². The SMILES string of the molecule is C=C(Sc1ccccc1C#N)C(=O)OCC. The van der Waals surface area contributed by atoms with E-state index >= 15 is 0 Å². The normalized spacial score (nSPS) is 9.25. The fourth-order valence-electron chi connectivity index (χ4n) is 1.03.